The average molecular weight is 479 g/mol. The van der Waals surface area contributed by atoms with Gasteiger partial charge >= 0.3 is 0 Å². The Bertz CT molecular complexity index is 885. The van der Waals surface area contributed by atoms with Crippen molar-refractivity contribution in [1.29, 1.82) is 0 Å². The molecule has 2 N–H and O–H groups in total. The summed E-state index contributed by atoms with van der Waals surface area (Å²) in [7, 11) is 0. The average Bonchev–Trinajstić information content (AvgIpc) is 2.80. The lowest BCUT2D eigenvalue weighted by Gasteiger charge is -2.57. The van der Waals surface area contributed by atoms with Crippen LogP contribution >= 0.6 is 0 Å². The van der Waals surface area contributed by atoms with Crippen molar-refractivity contribution in [1.82, 2.24) is 10.6 Å². The summed E-state index contributed by atoms with van der Waals surface area (Å²) in [5.41, 5.74) is 2.45. The quantitative estimate of drug-likeness (QED) is 0.487. The van der Waals surface area contributed by atoms with Crippen LogP contribution < -0.4 is 10.6 Å². The van der Waals surface area contributed by atoms with E-state index in [9.17, 15) is 9.59 Å². The number of nitrogens with one attached hydrogen (secondary N) is 2. The maximum atomic E-state index is 13.3. The molecule has 5 fully saturated rings. The van der Waals surface area contributed by atoms with Crippen LogP contribution in [0.2, 0.25) is 0 Å². The van der Waals surface area contributed by atoms with Crippen molar-refractivity contribution in [2.75, 3.05) is 0 Å². The first-order chi connectivity index (χ1) is 16.7. The van der Waals surface area contributed by atoms with Crippen molar-refractivity contribution < 1.29 is 9.59 Å². The van der Waals surface area contributed by atoms with E-state index in [1.807, 2.05) is 12.1 Å². The standard InChI is InChI=1S/C31H46N2O2/c1-19(2)12-28(30(35)32-27-7-5-6-20(3)21(27)4)33-29(34)25-8-10-26(11-9-25)31-16-22-13-23(17-31)15-24(14-22)18-31/h8-11,19-24,27-28H,5-7,12-18H2,1-4H3,(H,32,35)(H,33,34)/t20-,21-,22?,23?,24?,27-,28+,31?/m1/s1. The van der Waals surface area contributed by atoms with Gasteiger partial charge in [-0.05, 0) is 110 Å². The second-order valence-electron chi connectivity index (χ2n) is 13.3. The number of carbonyl (C=O) groups is 2. The summed E-state index contributed by atoms with van der Waals surface area (Å²) in [6, 6.07) is 8.14. The van der Waals surface area contributed by atoms with Crippen molar-refractivity contribution in [3.05, 3.63) is 35.4 Å². The molecule has 1 aromatic carbocycles. The smallest absolute Gasteiger partial charge is 0.251 e. The van der Waals surface area contributed by atoms with E-state index in [-0.39, 0.29) is 17.9 Å². The van der Waals surface area contributed by atoms with Gasteiger partial charge in [-0.2, -0.15) is 0 Å². The lowest BCUT2D eigenvalue weighted by atomic mass is 9.48. The molecule has 35 heavy (non-hydrogen) atoms. The number of carbonyl (C=O) groups excluding carboxylic acids is 2. The first-order valence-electron chi connectivity index (χ1n) is 14.4. The van der Waals surface area contributed by atoms with Gasteiger partial charge in [0.1, 0.15) is 6.04 Å². The highest BCUT2D eigenvalue weighted by Crippen LogP contribution is 2.60. The highest BCUT2D eigenvalue weighted by atomic mass is 16.2. The fraction of sp³-hybridized carbons (Fsp3) is 0.742. The number of amides is 2. The van der Waals surface area contributed by atoms with E-state index in [4.69, 9.17) is 0 Å². The summed E-state index contributed by atoms with van der Waals surface area (Å²) in [4.78, 5) is 26.5. The van der Waals surface area contributed by atoms with Gasteiger partial charge < -0.3 is 10.6 Å². The van der Waals surface area contributed by atoms with Gasteiger partial charge in [-0.25, -0.2) is 0 Å². The fourth-order valence-electron chi connectivity index (χ4n) is 8.45. The monoisotopic (exact) mass is 478 g/mol. The van der Waals surface area contributed by atoms with Gasteiger partial charge in [-0.15, -0.1) is 0 Å². The molecule has 1 aromatic rings. The largest absolute Gasteiger partial charge is 0.351 e. The summed E-state index contributed by atoms with van der Waals surface area (Å²) in [5, 5.41) is 6.38. The molecular weight excluding hydrogens is 432 g/mol. The second-order valence-corrected chi connectivity index (χ2v) is 13.3. The molecule has 5 aliphatic rings. The molecule has 5 aliphatic carbocycles. The predicted octanol–water partition coefficient (Wildman–Crippen LogP) is 6.24. The van der Waals surface area contributed by atoms with Crippen LogP contribution in [-0.4, -0.2) is 23.9 Å². The van der Waals surface area contributed by atoms with E-state index in [0.717, 1.165) is 30.6 Å². The molecule has 5 saturated carbocycles. The molecular formula is C31H46N2O2. The van der Waals surface area contributed by atoms with Crippen molar-refractivity contribution in [2.45, 2.75) is 109 Å². The maximum absolute atomic E-state index is 13.3. The normalized spacial score (nSPS) is 36.7. The molecule has 4 atom stereocenters. The fourth-order valence-corrected chi connectivity index (χ4v) is 8.45. The van der Waals surface area contributed by atoms with E-state index in [2.05, 4.69) is 50.5 Å². The zero-order valence-corrected chi connectivity index (χ0v) is 22.3. The number of hydrogen-bond donors (Lipinski definition) is 2. The van der Waals surface area contributed by atoms with E-state index in [1.165, 1.54) is 50.5 Å². The van der Waals surface area contributed by atoms with Gasteiger partial charge in [0.2, 0.25) is 5.91 Å². The summed E-state index contributed by atoms with van der Waals surface area (Å²) in [5.74, 6) is 4.00. The Hall–Kier alpha value is -1.84. The lowest BCUT2D eigenvalue weighted by molar-refractivity contribution is -0.124. The topological polar surface area (TPSA) is 58.2 Å². The van der Waals surface area contributed by atoms with Crippen molar-refractivity contribution in [2.24, 2.45) is 35.5 Å². The third-order valence-corrected chi connectivity index (χ3v) is 10.2. The van der Waals surface area contributed by atoms with E-state index >= 15 is 0 Å². The van der Waals surface area contributed by atoms with Crippen molar-refractivity contribution in [3.8, 4) is 0 Å². The highest BCUT2D eigenvalue weighted by molar-refractivity contribution is 5.97. The van der Waals surface area contributed by atoms with Crippen LogP contribution in [0, 0.1) is 35.5 Å². The minimum Gasteiger partial charge on any atom is -0.351 e. The third kappa shape index (κ3) is 5.18. The number of rotatable bonds is 7. The Morgan fingerprint density at radius 1 is 0.943 bits per heavy atom. The Kier molecular flexibility index (Phi) is 7.03. The Labute approximate surface area is 212 Å². The van der Waals surface area contributed by atoms with E-state index in [1.54, 1.807) is 0 Å². The Morgan fingerprint density at radius 2 is 1.54 bits per heavy atom. The molecule has 0 unspecified atom stereocenters. The summed E-state index contributed by atoms with van der Waals surface area (Å²) >= 11 is 0. The lowest BCUT2D eigenvalue weighted by Crippen LogP contribution is -2.52. The number of hydrogen-bond acceptors (Lipinski definition) is 2. The zero-order valence-electron chi connectivity index (χ0n) is 22.3. The van der Waals surface area contributed by atoms with Gasteiger partial charge in [0.05, 0.1) is 0 Å². The molecule has 4 nitrogen and oxygen atoms in total. The molecule has 4 heteroatoms. The van der Waals surface area contributed by atoms with Crippen LogP contribution in [0.25, 0.3) is 0 Å². The van der Waals surface area contributed by atoms with Gasteiger partial charge in [-0.1, -0.05) is 52.7 Å². The van der Waals surface area contributed by atoms with Crippen LogP contribution in [0.4, 0.5) is 0 Å². The Balaban J connectivity index is 1.25. The number of benzene rings is 1. The van der Waals surface area contributed by atoms with Crippen molar-refractivity contribution in [3.63, 3.8) is 0 Å². The molecule has 2 amide bonds. The van der Waals surface area contributed by atoms with E-state index in [0.29, 0.717) is 35.2 Å². The minimum atomic E-state index is -0.491. The zero-order chi connectivity index (χ0) is 24.7. The molecule has 4 bridgehead atoms. The molecule has 0 saturated heterocycles. The second kappa shape index (κ2) is 9.90. The summed E-state index contributed by atoms with van der Waals surface area (Å²) in [6.45, 7) is 8.75. The van der Waals surface area contributed by atoms with Gasteiger partial charge in [0.25, 0.3) is 5.91 Å². The molecule has 0 radical (unpaired) electrons. The summed E-state index contributed by atoms with van der Waals surface area (Å²) in [6.07, 6.45) is 12.4. The molecule has 0 heterocycles. The molecule has 0 spiro atoms. The minimum absolute atomic E-state index is 0.0248. The third-order valence-electron chi connectivity index (χ3n) is 10.2. The van der Waals surface area contributed by atoms with Crippen LogP contribution in [0.3, 0.4) is 0 Å². The van der Waals surface area contributed by atoms with Crippen molar-refractivity contribution >= 4 is 11.8 Å². The van der Waals surface area contributed by atoms with Crippen LogP contribution in [0.5, 0.6) is 0 Å². The summed E-state index contributed by atoms with van der Waals surface area (Å²) < 4.78 is 0. The molecule has 6 rings (SSSR count). The Morgan fingerprint density at radius 3 is 2.11 bits per heavy atom. The first kappa shape index (κ1) is 24.8. The highest BCUT2D eigenvalue weighted by Gasteiger charge is 2.51. The van der Waals surface area contributed by atoms with Crippen LogP contribution in [0.15, 0.2) is 24.3 Å². The first-order valence-corrected chi connectivity index (χ1v) is 14.4. The van der Waals surface area contributed by atoms with Gasteiger partial charge in [-0.3, -0.25) is 9.59 Å². The molecule has 192 valence electrons. The van der Waals surface area contributed by atoms with E-state index < -0.39 is 6.04 Å². The van der Waals surface area contributed by atoms with Gasteiger partial charge in [0.15, 0.2) is 0 Å². The SMILES string of the molecule is CC(C)C[C@H](NC(=O)c1ccc(C23CC4CC(CC(C4)C2)C3)cc1)C(=O)N[C@@H]1CCC[C@@H](C)[C@H]1C. The van der Waals surface area contributed by atoms with Crippen LogP contribution in [-0.2, 0) is 10.2 Å². The molecule has 0 aliphatic heterocycles. The predicted molar refractivity (Wildman–Crippen MR) is 141 cm³/mol. The maximum Gasteiger partial charge on any atom is 0.251 e. The molecule has 0 aromatic heterocycles. The van der Waals surface area contributed by atoms with Crippen LogP contribution in [0.1, 0.15) is 108 Å². The van der Waals surface area contributed by atoms with Gasteiger partial charge in [0, 0.05) is 11.6 Å².